The molecule has 0 aliphatic rings. The Morgan fingerprint density at radius 1 is 1.14 bits per heavy atom. The smallest absolute Gasteiger partial charge is 0.142 e. The summed E-state index contributed by atoms with van der Waals surface area (Å²) in [6.45, 7) is 4.14. The second-order valence-corrected chi connectivity index (χ2v) is 5.65. The van der Waals surface area contributed by atoms with Crippen molar-refractivity contribution in [3.05, 3.63) is 23.8 Å². The minimum Gasteiger partial charge on any atom is -0.255 e. The van der Waals surface area contributed by atoms with Gasteiger partial charge in [-0.1, -0.05) is 24.3 Å². The molecule has 0 amide bonds. The normalized spacial score (nSPS) is 15.1. The van der Waals surface area contributed by atoms with E-state index in [0.717, 1.165) is 18.5 Å². The van der Waals surface area contributed by atoms with Gasteiger partial charge in [-0.3, -0.25) is 9.36 Å². The molecular weight excluding hydrogens is 270 g/mol. The molecule has 114 valence electrons. The van der Waals surface area contributed by atoms with Gasteiger partial charge in [0.1, 0.15) is 19.7 Å². The van der Waals surface area contributed by atoms with Gasteiger partial charge in [0.05, 0.1) is 11.9 Å². The zero-order valence-electron chi connectivity index (χ0n) is 13.3. The maximum absolute atomic E-state index is 14.9. The van der Waals surface area contributed by atoms with Crippen LogP contribution in [0.4, 0.5) is 4.39 Å². The van der Waals surface area contributed by atoms with Gasteiger partial charge >= 0.3 is 0 Å². The highest BCUT2D eigenvalue weighted by Crippen LogP contribution is 2.47. The van der Waals surface area contributed by atoms with Crippen molar-refractivity contribution < 1.29 is 4.39 Å². The second-order valence-electron chi connectivity index (χ2n) is 5.65. The minimum atomic E-state index is -1.18. The van der Waals surface area contributed by atoms with Crippen LogP contribution in [0.15, 0.2) is 12.4 Å². The number of nitrogens with zero attached hydrogens (tertiary/aromatic N) is 6. The highest BCUT2D eigenvalue weighted by Gasteiger charge is 2.42. The monoisotopic (exact) mass is 292 g/mol. The summed E-state index contributed by atoms with van der Waals surface area (Å²) in [5.74, 6) is -0.263. The molecule has 8 heteroatoms. The first kappa shape index (κ1) is 15.7. The van der Waals surface area contributed by atoms with Crippen molar-refractivity contribution in [2.75, 3.05) is 0 Å². The van der Waals surface area contributed by atoms with Crippen LogP contribution in [0.1, 0.15) is 44.2 Å². The first-order valence-corrected chi connectivity index (χ1v) is 7.31. The van der Waals surface area contributed by atoms with Crippen LogP contribution in [0, 0.1) is 0 Å². The van der Waals surface area contributed by atoms with Crippen molar-refractivity contribution in [2.24, 2.45) is 14.1 Å². The second kappa shape index (κ2) is 5.95. The van der Waals surface area contributed by atoms with Crippen molar-refractivity contribution in [1.29, 1.82) is 0 Å². The lowest BCUT2D eigenvalue weighted by Gasteiger charge is -2.37. The summed E-state index contributed by atoms with van der Waals surface area (Å²) in [4.78, 5) is 0. The summed E-state index contributed by atoms with van der Waals surface area (Å²) in [5.41, 5.74) is 0.861. The maximum Gasteiger partial charge on any atom is 0.142 e. The third-order valence-corrected chi connectivity index (χ3v) is 4.59. The Balaban J connectivity index is 2.37. The average Bonchev–Trinajstić information content (AvgIpc) is 3.09. The van der Waals surface area contributed by atoms with Crippen LogP contribution in [0.5, 0.6) is 0 Å². The Labute approximate surface area is 125 Å². The SMILES string of the molecule is BC(C(F)c1cn(C)nn1)C(CC)(CC)c1cn(C)nn1. The van der Waals surface area contributed by atoms with Gasteiger partial charge in [-0.25, -0.2) is 4.39 Å². The topological polar surface area (TPSA) is 61.4 Å². The zero-order valence-corrected chi connectivity index (χ0v) is 13.3. The lowest BCUT2D eigenvalue weighted by Crippen LogP contribution is -2.33. The molecule has 2 rings (SSSR count). The van der Waals surface area contributed by atoms with Gasteiger partial charge in [0.25, 0.3) is 0 Å². The van der Waals surface area contributed by atoms with Crippen LogP contribution in [0.2, 0.25) is 5.82 Å². The first-order valence-electron chi connectivity index (χ1n) is 7.31. The van der Waals surface area contributed by atoms with E-state index in [4.69, 9.17) is 0 Å². The molecule has 0 bridgehead atoms. The van der Waals surface area contributed by atoms with Crippen molar-refractivity contribution in [2.45, 2.75) is 44.1 Å². The number of halogens is 1. The fraction of sp³-hybridized carbons (Fsp3) is 0.692. The molecule has 0 spiro atoms. The fourth-order valence-electron chi connectivity index (χ4n) is 3.09. The molecule has 0 N–H and O–H groups in total. The van der Waals surface area contributed by atoms with Gasteiger partial charge in [0.2, 0.25) is 0 Å². The fourth-order valence-corrected chi connectivity index (χ4v) is 3.09. The van der Waals surface area contributed by atoms with Gasteiger partial charge in [0.15, 0.2) is 0 Å². The van der Waals surface area contributed by atoms with Crippen LogP contribution in [-0.2, 0) is 19.5 Å². The van der Waals surface area contributed by atoms with E-state index in [1.54, 1.807) is 17.9 Å². The number of aromatic nitrogens is 6. The van der Waals surface area contributed by atoms with Gasteiger partial charge in [0, 0.05) is 25.7 Å². The maximum atomic E-state index is 14.9. The van der Waals surface area contributed by atoms with E-state index in [-0.39, 0.29) is 11.2 Å². The van der Waals surface area contributed by atoms with Crippen molar-refractivity contribution in [3.8, 4) is 0 Å². The minimum absolute atomic E-state index is 0.263. The van der Waals surface area contributed by atoms with Crippen molar-refractivity contribution in [3.63, 3.8) is 0 Å². The Hall–Kier alpha value is -1.73. The molecular formula is C13H22BFN6. The van der Waals surface area contributed by atoms with E-state index >= 15 is 0 Å². The summed E-state index contributed by atoms with van der Waals surface area (Å²) < 4.78 is 18.1. The number of hydrogen-bond acceptors (Lipinski definition) is 4. The molecule has 2 aromatic rings. The Morgan fingerprint density at radius 2 is 1.71 bits per heavy atom. The largest absolute Gasteiger partial charge is 0.255 e. The number of alkyl halides is 1. The van der Waals surface area contributed by atoms with E-state index in [9.17, 15) is 4.39 Å². The zero-order chi connectivity index (χ0) is 15.6. The highest BCUT2D eigenvalue weighted by molar-refractivity contribution is 6.13. The molecule has 6 nitrogen and oxygen atoms in total. The van der Waals surface area contributed by atoms with Crippen LogP contribution in [0.3, 0.4) is 0 Å². The standard InChI is InChI=1S/C13H22BFN6/c1-5-13(6-2,10-8-21(4)19-17-10)12(14)11(15)9-7-20(3)18-16-9/h7-8,11-12H,5-6,14H2,1-4H3. The lowest BCUT2D eigenvalue weighted by atomic mass is 9.58. The van der Waals surface area contributed by atoms with Gasteiger partial charge in [-0.15, -0.1) is 10.2 Å². The van der Waals surface area contributed by atoms with Crippen molar-refractivity contribution in [1.82, 2.24) is 30.0 Å². The number of hydrogen-bond donors (Lipinski definition) is 0. The first-order chi connectivity index (χ1) is 9.94. The average molecular weight is 292 g/mol. The van der Waals surface area contributed by atoms with Gasteiger partial charge in [-0.2, -0.15) is 0 Å². The molecule has 0 aliphatic heterocycles. The van der Waals surface area contributed by atoms with Crippen LogP contribution < -0.4 is 0 Å². The summed E-state index contributed by atoms with van der Waals surface area (Å²) in [5, 5.41) is 16.0. The molecule has 0 fully saturated rings. The number of aryl methyl sites for hydroxylation is 2. The Morgan fingerprint density at radius 3 is 2.14 bits per heavy atom. The van der Waals surface area contributed by atoms with Gasteiger partial charge in [-0.05, 0) is 18.7 Å². The quantitative estimate of drug-likeness (QED) is 0.749. The van der Waals surface area contributed by atoms with E-state index in [2.05, 4.69) is 34.5 Å². The van der Waals surface area contributed by atoms with Crippen LogP contribution >= 0.6 is 0 Å². The molecule has 0 radical (unpaired) electrons. The molecule has 2 atom stereocenters. The third-order valence-electron chi connectivity index (χ3n) is 4.59. The molecule has 0 saturated heterocycles. The predicted molar refractivity (Wildman–Crippen MR) is 80.4 cm³/mol. The molecule has 2 heterocycles. The molecule has 21 heavy (non-hydrogen) atoms. The van der Waals surface area contributed by atoms with E-state index in [1.165, 1.54) is 4.68 Å². The van der Waals surface area contributed by atoms with Crippen LogP contribution in [0.25, 0.3) is 0 Å². The van der Waals surface area contributed by atoms with Crippen molar-refractivity contribution >= 4 is 7.85 Å². The molecule has 2 aromatic heterocycles. The molecule has 0 aliphatic carbocycles. The molecule has 0 saturated carbocycles. The van der Waals surface area contributed by atoms with E-state index in [1.807, 2.05) is 21.1 Å². The number of rotatable bonds is 6. The summed E-state index contributed by atoms with van der Waals surface area (Å²) in [6, 6.07) is 0. The molecule has 0 aromatic carbocycles. The summed E-state index contributed by atoms with van der Waals surface area (Å²) in [6.07, 6.45) is 3.93. The van der Waals surface area contributed by atoms with E-state index in [0.29, 0.717) is 5.69 Å². The Bertz CT molecular complexity index is 591. The summed E-state index contributed by atoms with van der Waals surface area (Å²) >= 11 is 0. The molecule has 2 unspecified atom stereocenters. The third kappa shape index (κ3) is 2.71. The predicted octanol–water partition coefficient (Wildman–Crippen LogP) is 1.13. The summed E-state index contributed by atoms with van der Waals surface area (Å²) in [7, 11) is 5.48. The van der Waals surface area contributed by atoms with E-state index < -0.39 is 6.17 Å². The Kier molecular flexibility index (Phi) is 4.44. The lowest BCUT2D eigenvalue weighted by molar-refractivity contribution is 0.224. The van der Waals surface area contributed by atoms with Gasteiger partial charge < -0.3 is 0 Å². The highest BCUT2D eigenvalue weighted by atomic mass is 19.1. The van der Waals surface area contributed by atoms with Crippen LogP contribution in [-0.4, -0.2) is 37.8 Å².